The van der Waals surface area contributed by atoms with E-state index in [1.807, 2.05) is 0 Å². The Balaban J connectivity index is 1.81. The van der Waals surface area contributed by atoms with Crippen LogP contribution < -0.4 is 4.74 Å². The van der Waals surface area contributed by atoms with Gasteiger partial charge in [0.15, 0.2) is 0 Å². The molecular weight excluding hydrogens is 608 g/mol. The number of ether oxygens (including phenoxy) is 1. The van der Waals surface area contributed by atoms with E-state index in [9.17, 15) is 49.0 Å². The first-order valence-electron chi connectivity index (χ1n) is 13.5. The van der Waals surface area contributed by atoms with Crippen LogP contribution in [0.5, 0.6) is 5.75 Å². The van der Waals surface area contributed by atoms with Crippen molar-refractivity contribution in [1.29, 1.82) is 0 Å². The molecule has 3 aromatic rings. The highest BCUT2D eigenvalue weighted by molar-refractivity contribution is 5.75. The molecule has 4 rings (SSSR count). The number of likely N-dealkylation sites (tertiary alicyclic amines) is 1. The fourth-order valence-electron chi connectivity index (χ4n) is 5.67. The third-order valence-electron chi connectivity index (χ3n) is 8.01. The lowest BCUT2D eigenvalue weighted by Gasteiger charge is -2.29. The van der Waals surface area contributed by atoms with Crippen LogP contribution in [0.2, 0.25) is 0 Å². The number of hydrogen-bond acceptors (Lipinski definition) is 3. The Morgan fingerprint density at radius 3 is 1.89 bits per heavy atom. The van der Waals surface area contributed by atoms with E-state index in [0.717, 1.165) is 18.2 Å². The largest absolute Gasteiger partial charge is 0.496 e. The molecule has 0 saturated carbocycles. The van der Waals surface area contributed by atoms with Crippen LogP contribution in [0.4, 0.5) is 43.9 Å². The Kier molecular flexibility index (Phi) is 9.07. The zero-order chi connectivity index (χ0) is 32.9. The van der Waals surface area contributed by atoms with Gasteiger partial charge in [-0.15, -0.1) is 0 Å². The summed E-state index contributed by atoms with van der Waals surface area (Å²) in [5, 5.41) is 10.9. The van der Waals surface area contributed by atoms with Gasteiger partial charge < -0.3 is 9.84 Å². The molecule has 3 nitrogen and oxygen atoms in total. The molecular formula is C31H29F10NO2. The van der Waals surface area contributed by atoms with Gasteiger partial charge in [-0.3, -0.25) is 4.90 Å². The Morgan fingerprint density at radius 2 is 1.39 bits per heavy atom. The van der Waals surface area contributed by atoms with E-state index in [4.69, 9.17) is 4.74 Å². The summed E-state index contributed by atoms with van der Waals surface area (Å²) in [6.07, 6.45) is -16.6. The molecule has 1 saturated heterocycles. The normalized spacial score (nSPS) is 20.0. The molecule has 0 bridgehead atoms. The van der Waals surface area contributed by atoms with Gasteiger partial charge in [-0.2, -0.15) is 39.5 Å². The van der Waals surface area contributed by atoms with Gasteiger partial charge in [-0.05, 0) is 77.9 Å². The summed E-state index contributed by atoms with van der Waals surface area (Å²) < 4.78 is 142. The van der Waals surface area contributed by atoms with Crippen molar-refractivity contribution in [3.63, 3.8) is 0 Å². The second-order valence-electron chi connectivity index (χ2n) is 11.2. The van der Waals surface area contributed by atoms with Crippen molar-refractivity contribution in [2.24, 2.45) is 0 Å². The lowest BCUT2D eigenvalue weighted by atomic mass is 9.89. The molecule has 0 aromatic heterocycles. The van der Waals surface area contributed by atoms with Crippen molar-refractivity contribution in [2.45, 2.75) is 76.4 Å². The number of nitrogens with zero attached hydrogens (tertiary/aromatic N) is 1. The minimum absolute atomic E-state index is 0.00766. The molecule has 1 N–H and O–H groups in total. The summed E-state index contributed by atoms with van der Waals surface area (Å²) in [5.74, 6) is -1.87. The minimum Gasteiger partial charge on any atom is -0.496 e. The topological polar surface area (TPSA) is 32.7 Å². The first kappa shape index (κ1) is 33.6. The second kappa shape index (κ2) is 11.9. The van der Waals surface area contributed by atoms with E-state index in [0.29, 0.717) is 12.1 Å². The third-order valence-corrected chi connectivity index (χ3v) is 8.01. The van der Waals surface area contributed by atoms with Gasteiger partial charge in [-0.1, -0.05) is 19.9 Å². The molecule has 1 heterocycles. The summed E-state index contributed by atoms with van der Waals surface area (Å²) in [6.45, 7) is 4.56. The smallest absolute Gasteiger partial charge is 0.416 e. The molecule has 1 fully saturated rings. The molecule has 0 amide bonds. The van der Waals surface area contributed by atoms with Crippen molar-refractivity contribution in [1.82, 2.24) is 4.90 Å². The molecule has 13 heteroatoms. The van der Waals surface area contributed by atoms with Crippen LogP contribution in [0.15, 0.2) is 48.5 Å². The molecule has 0 radical (unpaired) electrons. The molecule has 3 atom stereocenters. The number of alkyl halides is 9. The fourth-order valence-corrected chi connectivity index (χ4v) is 5.67. The summed E-state index contributed by atoms with van der Waals surface area (Å²) >= 11 is 0. The van der Waals surface area contributed by atoms with E-state index < -0.39 is 59.2 Å². The van der Waals surface area contributed by atoms with Gasteiger partial charge in [-0.25, -0.2) is 4.39 Å². The quantitative estimate of drug-likeness (QED) is 0.274. The number of rotatable bonds is 6. The molecule has 1 aliphatic heterocycles. The van der Waals surface area contributed by atoms with Crippen LogP contribution >= 0.6 is 0 Å². The zero-order valence-electron chi connectivity index (χ0n) is 23.9. The van der Waals surface area contributed by atoms with Crippen molar-refractivity contribution < 1.29 is 53.7 Å². The summed E-state index contributed by atoms with van der Waals surface area (Å²) in [7, 11) is 1.26. The third kappa shape index (κ3) is 6.83. The predicted molar refractivity (Wildman–Crippen MR) is 142 cm³/mol. The number of methoxy groups -OCH3 is 1. The Morgan fingerprint density at radius 1 is 0.818 bits per heavy atom. The van der Waals surface area contributed by atoms with E-state index >= 15 is 0 Å². The molecule has 240 valence electrons. The van der Waals surface area contributed by atoms with Gasteiger partial charge in [0.1, 0.15) is 17.8 Å². The van der Waals surface area contributed by atoms with E-state index in [1.54, 1.807) is 13.8 Å². The van der Waals surface area contributed by atoms with E-state index in [2.05, 4.69) is 0 Å². The molecule has 3 aromatic carbocycles. The Bertz CT molecular complexity index is 1480. The van der Waals surface area contributed by atoms with Crippen LogP contribution in [0.3, 0.4) is 0 Å². The van der Waals surface area contributed by atoms with Crippen molar-refractivity contribution in [3.8, 4) is 16.9 Å². The van der Waals surface area contributed by atoms with E-state index in [1.165, 1.54) is 31.1 Å². The second-order valence-corrected chi connectivity index (χ2v) is 11.2. The van der Waals surface area contributed by atoms with Crippen molar-refractivity contribution in [3.05, 3.63) is 87.7 Å². The van der Waals surface area contributed by atoms with Gasteiger partial charge in [0.2, 0.25) is 0 Å². The SMILES string of the molecule is COc1cc(F)c(C(C)C)cc1-c1ccc(C(F)(F)F)cc1CN1C(O)C[C@H](c2cc(C(F)(F)F)cc(C(F)(F)F)c2)[C@@H]1C. The van der Waals surface area contributed by atoms with Gasteiger partial charge in [0, 0.05) is 30.1 Å². The van der Waals surface area contributed by atoms with E-state index in [-0.39, 0.29) is 58.5 Å². The van der Waals surface area contributed by atoms with Crippen LogP contribution in [-0.4, -0.2) is 29.4 Å². The van der Waals surface area contributed by atoms with Crippen LogP contribution in [0.1, 0.15) is 72.4 Å². The maximum absolute atomic E-state index is 14.7. The number of aliphatic hydroxyl groups excluding tert-OH is 1. The summed E-state index contributed by atoms with van der Waals surface area (Å²) in [4.78, 5) is 1.32. The van der Waals surface area contributed by atoms with Gasteiger partial charge in [0.05, 0.1) is 23.8 Å². The summed E-state index contributed by atoms with van der Waals surface area (Å²) in [6, 6.07) is 5.76. The number of benzene rings is 3. The highest BCUT2D eigenvalue weighted by atomic mass is 19.4. The van der Waals surface area contributed by atoms with Crippen LogP contribution in [0.25, 0.3) is 11.1 Å². The standard InChI is InChI=1S/C31H29F10NO2/c1-15(2)23-11-25(27(44-4)13-26(23)32)22-6-5-19(29(33,34)35)9-18(22)14-42-16(3)24(12-28(42)43)17-7-20(30(36,37)38)10-21(8-17)31(39,40)41/h5-11,13,15-16,24,28,43H,12,14H2,1-4H3/t16-,24-,28?/m0/s1. The van der Waals surface area contributed by atoms with Crippen molar-refractivity contribution in [2.75, 3.05) is 7.11 Å². The zero-order valence-corrected chi connectivity index (χ0v) is 23.9. The Labute approximate surface area is 247 Å². The minimum atomic E-state index is -5.08. The molecule has 1 unspecified atom stereocenters. The first-order valence-corrected chi connectivity index (χ1v) is 13.5. The lowest BCUT2D eigenvalue weighted by molar-refractivity contribution is -0.143. The monoisotopic (exact) mass is 637 g/mol. The maximum atomic E-state index is 14.7. The van der Waals surface area contributed by atoms with Crippen molar-refractivity contribution >= 4 is 0 Å². The number of hydrogen-bond donors (Lipinski definition) is 1. The average Bonchev–Trinajstić information content (AvgIpc) is 3.19. The molecule has 1 aliphatic rings. The first-order chi connectivity index (χ1) is 20.2. The molecule has 0 spiro atoms. The van der Waals surface area contributed by atoms with Gasteiger partial charge in [0.25, 0.3) is 0 Å². The van der Waals surface area contributed by atoms with Crippen LogP contribution in [-0.2, 0) is 25.1 Å². The highest BCUT2D eigenvalue weighted by Gasteiger charge is 2.43. The number of aliphatic hydroxyl groups is 1. The maximum Gasteiger partial charge on any atom is 0.416 e. The molecule has 44 heavy (non-hydrogen) atoms. The Hall–Kier alpha value is -3.32. The van der Waals surface area contributed by atoms with Gasteiger partial charge >= 0.3 is 18.5 Å². The predicted octanol–water partition coefficient (Wildman–Crippen LogP) is 9.38. The molecule has 0 aliphatic carbocycles. The average molecular weight is 638 g/mol. The number of halogens is 10. The highest BCUT2D eigenvalue weighted by Crippen LogP contribution is 2.45. The fraction of sp³-hybridized carbons (Fsp3) is 0.419. The summed E-state index contributed by atoms with van der Waals surface area (Å²) in [5.41, 5.74) is -3.56. The lowest BCUT2D eigenvalue weighted by Crippen LogP contribution is -2.35. The van der Waals surface area contributed by atoms with Crippen LogP contribution in [0, 0.1) is 5.82 Å².